The molecule has 1 rings (SSSR count). The largest absolute Gasteiger partial charge is 0.358 e. The SMILES string of the molecule is CNC(=O)CN(C)CC(=O)c1ccccc1Br. The van der Waals surface area contributed by atoms with Crippen LogP contribution in [0.1, 0.15) is 10.4 Å². The van der Waals surface area contributed by atoms with Crippen LogP contribution in [0.2, 0.25) is 0 Å². The van der Waals surface area contributed by atoms with Crippen molar-refractivity contribution in [1.82, 2.24) is 10.2 Å². The molecule has 92 valence electrons. The zero-order valence-electron chi connectivity index (χ0n) is 9.87. The first-order chi connectivity index (χ1) is 8.04. The van der Waals surface area contributed by atoms with E-state index in [-0.39, 0.29) is 24.8 Å². The van der Waals surface area contributed by atoms with Gasteiger partial charge in [-0.25, -0.2) is 0 Å². The van der Waals surface area contributed by atoms with Crippen molar-refractivity contribution < 1.29 is 9.59 Å². The molecule has 0 radical (unpaired) electrons. The van der Waals surface area contributed by atoms with Crippen molar-refractivity contribution in [3.8, 4) is 0 Å². The third kappa shape index (κ3) is 4.28. The van der Waals surface area contributed by atoms with Gasteiger partial charge >= 0.3 is 0 Å². The van der Waals surface area contributed by atoms with Crippen molar-refractivity contribution in [3.05, 3.63) is 34.3 Å². The lowest BCUT2D eigenvalue weighted by Gasteiger charge is -2.14. The fourth-order valence-corrected chi connectivity index (χ4v) is 1.90. The Morgan fingerprint density at radius 3 is 2.53 bits per heavy atom. The normalized spacial score (nSPS) is 10.4. The summed E-state index contributed by atoms with van der Waals surface area (Å²) >= 11 is 3.33. The number of amides is 1. The van der Waals surface area contributed by atoms with Gasteiger partial charge < -0.3 is 5.32 Å². The number of Topliss-reactive ketones (excluding diaryl/α,β-unsaturated/α-hetero) is 1. The highest BCUT2D eigenvalue weighted by Crippen LogP contribution is 2.16. The summed E-state index contributed by atoms with van der Waals surface area (Å²) < 4.78 is 0.776. The first-order valence-corrected chi connectivity index (χ1v) is 6.00. The molecule has 0 aromatic heterocycles. The Kier molecular flexibility index (Phi) is 5.31. The molecule has 0 bridgehead atoms. The summed E-state index contributed by atoms with van der Waals surface area (Å²) in [6.45, 7) is 0.433. The third-order valence-corrected chi connectivity index (χ3v) is 2.97. The average molecular weight is 299 g/mol. The summed E-state index contributed by atoms with van der Waals surface area (Å²) in [5.41, 5.74) is 0.635. The lowest BCUT2D eigenvalue weighted by Crippen LogP contribution is -2.36. The van der Waals surface area contributed by atoms with E-state index in [2.05, 4.69) is 21.2 Å². The molecule has 0 atom stereocenters. The van der Waals surface area contributed by atoms with Crippen molar-refractivity contribution >= 4 is 27.6 Å². The van der Waals surface area contributed by atoms with Crippen molar-refractivity contribution in [1.29, 1.82) is 0 Å². The monoisotopic (exact) mass is 298 g/mol. The minimum absolute atomic E-state index is 0.0103. The summed E-state index contributed by atoms with van der Waals surface area (Å²) in [6, 6.07) is 7.26. The van der Waals surface area contributed by atoms with Gasteiger partial charge in [-0.1, -0.05) is 34.1 Å². The zero-order chi connectivity index (χ0) is 12.8. The fraction of sp³-hybridized carbons (Fsp3) is 0.333. The van der Waals surface area contributed by atoms with Crippen LogP contribution < -0.4 is 5.32 Å². The molecule has 0 aliphatic heterocycles. The number of carbonyl (C=O) groups is 2. The van der Waals surface area contributed by atoms with Crippen LogP contribution in [0.4, 0.5) is 0 Å². The molecule has 0 spiro atoms. The molecular formula is C12H15BrN2O2. The first kappa shape index (κ1) is 13.9. The molecule has 0 saturated carbocycles. The van der Waals surface area contributed by atoms with Crippen LogP contribution in [0, 0.1) is 0 Å². The van der Waals surface area contributed by atoms with Crippen LogP contribution >= 0.6 is 15.9 Å². The maximum Gasteiger partial charge on any atom is 0.233 e. The van der Waals surface area contributed by atoms with Gasteiger partial charge in [0.2, 0.25) is 5.91 Å². The number of halogens is 1. The van der Waals surface area contributed by atoms with Crippen LogP contribution in [0.15, 0.2) is 28.7 Å². The van der Waals surface area contributed by atoms with Crippen molar-refractivity contribution in [2.24, 2.45) is 0 Å². The highest BCUT2D eigenvalue weighted by Gasteiger charge is 2.13. The van der Waals surface area contributed by atoms with E-state index >= 15 is 0 Å². The Bertz CT molecular complexity index is 421. The molecule has 1 amide bonds. The number of carbonyl (C=O) groups excluding carboxylic acids is 2. The number of hydrogen-bond donors (Lipinski definition) is 1. The molecule has 0 unspecified atom stereocenters. The predicted octanol–water partition coefficient (Wildman–Crippen LogP) is 1.31. The van der Waals surface area contributed by atoms with E-state index in [4.69, 9.17) is 0 Å². The fourth-order valence-electron chi connectivity index (χ4n) is 1.40. The van der Waals surface area contributed by atoms with Crippen molar-refractivity contribution in [2.75, 3.05) is 27.2 Å². The number of ketones is 1. The van der Waals surface area contributed by atoms with Gasteiger partial charge in [-0.3, -0.25) is 14.5 Å². The van der Waals surface area contributed by atoms with E-state index in [1.807, 2.05) is 18.2 Å². The highest BCUT2D eigenvalue weighted by molar-refractivity contribution is 9.10. The summed E-state index contributed by atoms with van der Waals surface area (Å²) in [5, 5.41) is 2.52. The molecule has 1 N–H and O–H groups in total. The zero-order valence-corrected chi connectivity index (χ0v) is 11.5. The van der Waals surface area contributed by atoms with Crippen molar-refractivity contribution in [2.45, 2.75) is 0 Å². The van der Waals surface area contributed by atoms with E-state index in [0.29, 0.717) is 5.56 Å². The van der Waals surface area contributed by atoms with Gasteiger partial charge in [-0.05, 0) is 13.1 Å². The smallest absolute Gasteiger partial charge is 0.233 e. The molecule has 0 heterocycles. The summed E-state index contributed by atoms with van der Waals surface area (Å²) in [6.07, 6.45) is 0. The van der Waals surface area contributed by atoms with Gasteiger partial charge in [0.15, 0.2) is 5.78 Å². The predicted molar refractivity (Wildman–Crippen MR) is 70.0 cm³/mol. The molecule has 0 saturated heterocycles. The lowest BCUT2D eigenvalue weighted by atomic mass is 10.1. The number of rotatable bonds is 5. The molecule has 4 nitrogen and oxygen atoms in total. The standard InChI is InChI=1S/C12H15BrN2O2/c1-14-12(17)8-15(2)7-11(16)9-5-3-4-6-10(9)13/h3-6H,7-8H2,1-2H3,(H,14,17). The number of likely N-dealkylation sites (N-methyl/N-ethyl adjacent to an activating group) is 2. The molecule has 17 heavy (non-hydrogen) atoms. The second-order valence-corrected chi connectivity index (χ2v) is 4.60. The Morgan fingerprint density at radius 2 is 1.94 bits per heavy atom. The Morgan fingerprint density at radius 1 is 1.29 bits per heavy atom. The van der Waals surface area contributed by atoms with Crippen molar-refractivity contribution in [3.63, 3.8) is 0 Å². The highest BCUT2D eigenvalue weighted by atomic mass is 79.9. The van der Waals surface area contributed by atoms with Crippen LogP contribution in [-0.2, 0) is 4.79 Å². The molecular weight excluding hydrogens is 284 g/mol. The summed E-state index contributed by atoms with van der Waals surface area (Å²) in [5.74, 6) is -0.115. The lowest BCUT2D eigenvalue weighted by molar-refractivity contribution is -0.121. The molecule has 0 fully saturated rings. The van der Waals surface area contributed by atoms with Gasteiger partial charge in [0.05, 0.1) is 13.1 Å². The number of nitrogens with one attached hydrogen (secondary N) is 1. The maximum absolute atomic E-state index is 11.9. The molecule has 1 aromatic carbocycles. The first-order valence-electron chi connectivity index (χ1n) is 5.21. The van der Waals surface area contributed by atoms with Crippen LogP contribution in [0.3, 0.4) is 0 Å². The third-order valence-electron chi connectivity index (χ3n) is 2.28. The number of benzene rings is 1. The molecule has 5 heteroatoms. The van der Waals surface area contributed by atoms with E-state index in [0.717, 1.165) is 4.47 Å². The number of nitrogens with zero attached hydrogens (tertiary/aromatic N) is 1. The maximum atomic E-state index is 11.9. The minimum Gasteiger partial charge on any atom is -0.358 e. The summed E-state index contributed by atoms with van der Waals surface area (Å²) in [4.78, 5) is 24.8. The number of hydrogen-bond acceptors (Lipinski definition) is 3. The van der Waals surface area contributed by atoms with Gasteiger partial charge in [0.1, 0.15) is 0 Å². The van der Waals surface area contributed by atoms with E-state index < -0.39 is 0 Å². The quantitative estimate of drug-likeness (QED) is 0.834. The van der Waals surface area contributed by atoms with E-state index in [9.17, 15) is 9.59 Å². The molecule has 0 aliphatic carbocycles. The van der Waals surface area contributed by atoms with E-state index in [1.54, 1.807) is 25.1 Å². The van der Waals surface area contributed by atoms with Gasteiger partial charge in [-0.15, -0.1) is 0 Å². The average Bonchev–Trinajstić information content (AvgIpc) is 2.29. The second-order valence-electron chi connectivity index (χ2n) is 3.75. The van der Waals surface area contributed by atoms with E-state index in [1.165, 1.54) is 0 Å². The molecule has 1 aromatic rings. The molecule has 0 aliphatic rings. The topological polar surface area (TPSA) is 49.4 Å². The van der Waals surface area contributed by atoms with Crippen LogP contribution in [0.25, 0.3) is 0 Å². The minimum atomic E-state index is -0.104. The van der Waals surface area contributed by atoms with Crippen LogP contribution in [-0.4, -0.2) is 43.8 Å². The van der Waals surface area contributed by atoms with Gasteiger partial charge in [-0.2, -0.15) is 0 Å². The summed E-state index contributed by atoms with van der Waals surface area (Å²) in [7, 11) is 3.32. The van der Waals surface area contributed by atoms with Crippen LogP contribution in [0.5, 0.6) is 0 Å². The van der Waals surface area contributed by atoms with Gasteiger partial charge in [0.25, 0.3) is 0 Å². The Balaban J connectivity index is 2.61. The second kappa shape index (κ2) is 6.51. The van der Waals surface area contributed by atoms with Gasteiger partial charge in [0, 0.05) is 17.1 Å². The Hall–Kier alpha value is -1.20. The Labute approximate surface area is 109 Å².